The number of aromatic nitrogens is 1. The number of anilines is 2. The first kappa shape index (κ1) is 14.5. The number of nitrogens with zero attached hydrogens (tertiary/aromatic N) is 2. The standard InChI is InChI=1S/C12H20N4OS2/c1-18-10-11(13)15-19-12(10)14-6-5-9(17)16-7-3-2-4-8-16/h14H,2-8H2,1H3,(H2,13,15). The van der Waals surface area contributed by atoms with Crippen LogP contribution in [0.15, 0.2) is 4.90 Å². The summed E-state index contributed by atoms with van der Waals surface area (Å²) in [6.45, 7) is 2.48. The van der Waals surface area contributed by atoms with Crippen molar-refractivity contribution in [2.45, 2.75) is 30.6 Å². The molecule has 1 aliphatic heterocycles. The van der Waals surface area contributed by atoms with Gasteiger partial charge in [-0.15, -0.1) is 11.8 Å². The first-order chi connectivity index (χ1) is 9.22. The molecule has 1 aromatic heterocycles. The molecule has 1 saturated heterocycles. The van der Waals surface area contributed by atoms with E-state index in [0.717, 1.165) is 35.8 Å². The number of rotatable bonds is 5. The molecule has 5 nitrogen and oxygen atoms in total. The first-order valence-corrected chi connectivity index (χ1v) is 8.53. The highest BCUT2D eigenvalue weighted by atomic mass is 32.2. The lowest BCUT2D eigenvalue weighted by atomic mass is 10.1. The molecule has 2 heterocycles. The van der Waals surface area contributed by atoms with Gasteiger partial charge in [-0.3, -0.25) is 4.79 Å². The number of hydrogen-bond acceptors (Lipinski definition) is 6. The second-order valence-electron chi connectivity index (χ2n) is 4.55. The third-order valence-electron chi connectivity index (χ3n) is 3.21. The van der Waals surface area contributed by atoms with Gasteiger partial charge >= 0.3 is 0 Å². The van der Waals surface area contributed by atoms with Gasteiger partial charge in [0.1, 0.15) is 5.00 Å². The summed E-state index contributed by atoms with van der Waals surface area (Å²) in [5, 5.41) is 4.23. The summed E-state index contributed by atoms with van der Waals surface area (Å²) in [7, 11) is 0. The van der Waals surface area contributed by atoms with Crippen molar-refractivity contribution in [3.63, 3.8) is 0 Å². The van der Waals surface area contributed by atoms with Gasteiger partial charge in [0.15, 0.2) is 5.82 Å². The molecule has 0 aromatic carbocycles. The third kappa shape index (κ3) is 3.76. The Kier molecular flexibility index (Phi) is 5.33. The normalized spacial score (nSPS) is 15.5. The molecule has 0 aliphatic carbocycles. The smallest absolute Gasteiger partial charge is 0.224 e. The Bertz CT molecular complexity index is 429. The van der Waals surface area contributed by atoms with E-state index in [0.29, 0.717) is 18.8 Å². The highest BCUT2D eigenvalue weighted by Gasteiger charge is 2.16. The van der Waals surface area contributed by atoms with E-state index in [2.05, 4.69) is 9.69 Å². The second kappa shape index (κ2) is 7.00. The average molecular weight is 300 g/mol. The van der Waals surface area contributed by atoms with Crippen LogP contribution in [0.5, 0.6) is 0 Å². The zero-order valence-electron chi connectivity index (χ0n) is 11.1. The minimum absolute atomic E-state index is 0.246. The predicted octanol–water partition coefficient (Wildman–Crippen LogP) is 2.26. The number of carbonyl (C=O) groups excluding carboxylic acids is 1. The van der Waals surface area contributed by atoms with Gasteiger partial charge < -0.3 is 16.0 Å². The van der Waals surface area contributed by atoms with E-state index >= 15 is 0 Å². The molecular weight excluding hydrogens is 280 g/mol. The number of piperidine rings is 1. The third-order valence-corrected chi connectivity index (χ3v) is 4.98. The van der Waals surface area contributed by atoms with E-state index < -0.39 is 0 Å². The molecule has 3 N–H and O–H groups in total. The van der Waals surface area contributed by atoms with Gasteiger partial charge in [-0.05, 0) is 37.1 Å². The minimum Gasteiger partial charge on any atom is -0.382 e. The second-order valence-corrected chi connectivity index (χ2v) is 6.14. The summed E-state index contributed by atoms with van der Waals surface area (Å²) in [4.78, 5) is 14.9. The highest BCUT2D eigenvalue weighted by molar-refractivity contribution is 7.99. The number of nitrogens with two attached hydrogens (primary N) is 1. The van der Waals surface area contributed by atoms with E-state index in [1.807, 2.05) is 11.2 Å². The molecule has 0 atom stereocenters. The van der Waals surface area contributed by atoms with Crippen LogP contribution in [0.4, 0.5) is 10.8 Å². The molecule has 0 unspecified atom stereocenters. The Hall–Kier alpha value is -0.950. The van der Waals surface area contributed by atoms with Crippen molar-refractivity contribution in [2.24, 2.45) is 0 Å². The molecule has 0 bridgehead atoms. The first-order valence-electron chi connectivity index (χ1n) is 6.53. The van der Waals surface area contributed by atoms with Gasteiger partial charge in [-0.2, -0.15) is 4.37 Å². The molecule has 19 heavy (non-hydrogen) atoms. The van der Waals surface area contributed by atoms with E-state index in [9.17, 15) is 4.79 Å². The number of amides is 1. The lowest BCUT2D eigenvalue weighted by Crippen LogP contribution is -2.36. The summed E-state index contributed by atoms with van der Waals surface area (Å²) >= 11 is 2.94. The van der Waals surface area contributed by atoms with Gasteiger partial charge in [-0.25, -0.2) is 0 Å². The van der Waals surface area contributed by atoms with Gasteiger partial charge in [0, 0.05) is 26.1 Å². The molecule has 1 fully saturated rings. The van der Waals surface area contributed by atoms with Gasteiger partial charge in [0.05, 0.1) is 4.90 Å². The Labute approximate surface area is 122 Å². The van der Waals surface area contributed by atoms with Crippen molar-refractivity contribution in [2.75, 3.05) is 36.9 Å². The van der Waals surface area contributed by atoms with E-state index in [1.54, 1.807) is 11.8 Å². The number of hydrogen-bond donors (Lipinski definition) is 2. The fourth-order valence-electron chi connectivity index (χ4n) is 2.19. The predicted molar refractivity (Wildman–Crippen MR) is 81.8 cm³/mol. The van der Waals surface area contributed by atoms with Gasteiger partial charge in [-0.1, -0.05) is 0 Å². The quantitative estimate of drug-likeness (QED) is 0.816. The summed E-state index contributed by atoms with van der Waals surface area (Å²) in [6, 6.07) is 0. The van der Waals surface area contributed by atoms with Crippen molar-refractivity contribution < 1.29 is 4.79 Å². The lowest BCUT2D eigenvalue weighted by molar-refractivity contribution is -0.131. The van der Waals surface area contributed by atoms with Crippen LogP contribution in [0.3, 0.4) is 0 Å². The monoisotopic (exact) mass is 300 g/mol. The fourth-order valence-corrected chi connectivity index (χ4v) is 3.76. The highest BCUT2D eigenvalue weighted by Crippen LogP contribution is 2.34. The van der Waals surface area contributed by atoms with Crippen LogP contribution in [-0.4, -0.2) is 41.1 Å². The van der Waals surface area contributed by atoms with Crippen molar-refractivity contribution in [3.05, 3.63) is 0 Å². The van der Waals surface area contributed by atoms with E-state index in [4.69, 9.17) is 5.73 Å². The summed E-state index contributed by atoms with van der Waals surface area (Å²) in [5.74, 6) is 0.817. The van der Waals surface area contributed by atoms with Crippen molar-refractivity contribution in [1.29, 1.82) is 0 Å². The van der Waals surface area contributed by atoms with Crippen LogP contribution in [0.1, 0.15) is 25.7 Å². The van der Waals surface area contributed by atoms with Crippen LogP contribution >= 0.6 is 23.3 Å². The van der Waals surface area contributed by atoms with E-state index in [1.165, 1.54) is 18.0 Å². The SMILES string of the molecule is CSc1c(N)nsc1NCCC(=O)N1CCCCC1. The maximum Gasteiger partial charge on any atom is 0.224 e. The largest absolute Gasteiger partial charge is 0.382 e. The number of carbonyl (C=O) groups is 1. The molecule has 0 radical (unpaired) electrons. The fraction of sp³-hybridized carbons (Fsp3) is 0.667. The van der Waals surface area contributed by atoms with Crippen LogP contribution in [-0.2, 0) is 4.79 Å². The van der Waals surface area contributed by atoms with Gasteiger partial charge in [0.25, 0.3) is 0 Å². The van der Waals surface area contributed by atoms with Crippen molar-refractivity contribution in [1.82, 2.24) is 9.27 Å². The lowest BCUT2D eigenvalue weighted by Gasteiger charge is -2.26. The Morgan fingerprint density at radius 2 is 2.21 bits per heavy atom. The molecule has 7 heteroatoms. The maximum atomic E-state index is 12.0. The number of nitrogens with one attached hydrogen (secondary N) is 1. The number of nitrogen functional groups attached to an aromatic ring is 1. The van der Waals surface area contributed by atoms with Crippen LogP contribution in [0, 0.1) is 0 Å². The zero-order valence-corrected chi connectivity index (χ0v) is 12.8. The molecule has 1 aromatic rings. The number of likely N-dealkylation sites (tertiary alicyclic amines) is 1. The van der Waals surface area contributed by atoms with Crippen molar-refractivity contribution in [3.8, 4) is 0 Å². The molecule has 0 saturated carbocycles. The maximum absolute atomic E-state index is 12.0. The summed E-state index contributed by atoms with van der Waals surface area (Å²) in [6.07, 6.45) is 6.04. The zero-order chi connectivity index (χ0) is 13.7. The molecule has 1 aliphatic rings. The Balaban J connectivity index is 1.78. The topological polar surface area (TPSA) is 71.2 Å². The Morgan fingerprint density at radius 3 is 2.89 bits per heavy atom. The van der Waals surface area contributed by atoms with Crippen LogP contribution in [0.2, 0.25) is 0 Å². The van der Waals surface area contributed by atoms with E-state index in [-0.39, 0.29) is 5.91 Å². The summed E-state index contributed by atoms with van der Waals surface area (Å²) < 4.78 is 4.12. The molecule has 0 spiro atoms. The molecule has 106 valence electrons. The van der Waals surface area contributed by atoms with Gasteiger partial charge in [0.2, 0.25) is 5.91 Å². The van der Waals surface area contributed by atoms with Crippen molar-refractivity contribution >= 4 is 40.0 Å². The van der Waals surface area contributed by atoms with Crippen LogP contribution < -0.4 is 11.1 Å². The van der Waals surface area contributed by atoms with Crippen LogP contribution in [0.25, 0.3) is 0 Å². The Morgan fingerprint density at radius 1 is 1.47 bits per heavy atom. The summed E-state index contributed by atoms with van der Waals surface area (Å²) in [5.41, 5.74) is 5.76. The average Bonchev–Trinajstić information content (AvgIpc) is 2.80. The molecule has 1 amide bonds. The molecule has 2 rings (SSSR count). The number of thioether (sulfide) groups is 1. The molecular formula is C12H20N4OS2. The minimum atomic E-state index is 0.246.